The summed E-state index contributed by atoms with van der Waals surface area (Å²) in [5, 5.41) is 8.13. The number of anilines is 1. The molecule has 0 aromatic carbocycles. The molecule has 4 nitrogen and oxygen atoms in total. The Kier molecular flexibility index (Phi) is 3.64. The Labute approximate surface area is 120 Å². The molecule has 2 aromatic heterocycles. The SMILES string of the molecule is Cc1ccc2nc(NC3CCCCC3C(C)C)nn2c1. The van der Waals surface area contributed by atoms with Gasteiger partial charge in [-0.15, -0.1) is 5.10 Å². The normalized spacial score (nSPS) is 23.4. The monoisotopic (exact) mass is 272 g/mol. The smallest absolute Gasteiger partial charge is 0.243 e. The minimum absolute atomic E-state index is 0.516. The lowest BCUT2D eigenvalue weighted by molar-refractivity contribution is 0.253. The zero-order valence-electron chi connectivity index (χ0n) is 12.6. The molecule has 0 bridgehead atoms. The molecule has 1 saturated carbocycles. The van der Waals surface area contributed by atoms with Gasteiger partial charge in [0, 0.05) is 12.2 Å². The maximum absolute atomic E-state index is 4.58. The van der Waals surface area contributed by atoms with E-state index in [2.05, 4.69) is 42.2 Å². The van der Waals surface area contributed by atoms with Gasteiger partial charge in [-0.05, 0) is 43.2 Å². The van der Waals surface area contributed by atoms with Gasteiger partial charge in [0.15, 0.2) is 5.65 Å². The summed E-state index contributed by atoms with van der Waals surface area (Å²) in [7, 11) is 0. The van der Waals surface area contributed by atoms with E-state index >= 15 is 0 Å². The molecule has 0 aliphatic heterocycles. The fourth-order valence-corrected chi connectivity index (χ4v) is 3.35. The zero-order valence-corrected chi connectivity index (χ0v) is 12.6. The molecule has 108 valence electrons. The zero-order chi connectivity index (χ0) is 14.1. The van der Waals surface area contributed by atoms with E-state index in [0.717, 1.165) is 17.5 Å². The number of fused-ring (bicyclic) bond motifs is 1. The molecule has 2 heterocycles. The number of hydrogen-bond donors (Lipinski definition) is 1. The van der Waals surface area contributed by atoms with Crippen LogP contribution in [0, 0.1) is 18.8 Å². The van der Waals surface area contributed by atoms with Crippen LogP contribution >= 0.6 is 0 Å². The van der Waals surface area contributed by atoms with E-state index < -0.39 is 0 Å². The van der Waals surface area contributed by atoms with Crippen LogP contribution in [0.2, 0.25) is 0 Å². The van der Waals surface area contributed by atoms with E-state index in [1.807, 2.05) is 16.8 Å². The van der Waals surface area contributed by atoms with Crippen LogP contribution in [0.1, 0.15) is 45.1 Å². The fourth-order valence-electron chi connectivity index (χ4n) is 3.35. The van der Waals surface area contributed by atoms with E-state index in [4.69, 9.17) is 0 Å². The predicted molar refractivity (Wildman–Crippen MR) is 81.9 cm³/mol. The molecule has 0 spiro atoms. The Morgan fingerprint density at radius 1 is 1.25 bits per heavy atom. The summed E-state index contributed by atoms with van der Waals surface area (Å²) in [5.41, 5.74) is 2.11. The molecule has 2 atom stereocenters. The minimum atomic E-state index is 0.516. The quantitative estimate of drug-likeness (QED) is 0.927. The van der Waals surface area contributed by atoms with E-state index in [1.165, 1.54) is 31.2 Å². The number of aryl methyl sites for hydroxylation is 1. The average molecular weight is 272 g/mol. The summed E-state index contributed by atoms with van der Waals surface area (Å²) in [6.45, 7) is 6.72. The van der Waals surface area contributed by atoms with Crippen molar-refractivity contribution in [2.24, 2.45) is 11.8 Å². The van der Waals surface area contributed by atoms with Crippen molar-refractivity contribution in [3.05, 3.63) is 23.9 Å². The van der Waals surface area contributed by atoms with Gasteiger partial charge < -0.3 is 5.32 Å². The first-order chi connectivity index (χ1) is 9.63. The van der Waals surface area contributed by atoms with Gasteiger partial charge in [-0.25, -0.2) is 4.52 Å². The van der Waals surface area contributed by atoms with Crippen molar-refractivity contribution in [1.29, 1.82) is 0 Å². The van der Waals surface area contributed by atoms with Gasteiger partial charge in [-0.3, -0.25) is 0 Å². The molecular weight excluding hydrogens is 248 g/mol. The average Bonchev–Trinajstić information content (AvgIpc) is 2.80. The molecule has 1 aliphatic carbocycles. The Hall–Kier alpha value is -1.58. The lowest BCUT2D eigenvalue weighted by atomic mass is 9.78. The van der Waals surface area contributed by atoms with Crippen molar-refractivity contribution < 1.29 is 0 Å². The molecule has 2 aromatic rings. The number of nitrogens with zero attached hydrogens (tertiary/aromatic N) is 3. The second-order valence-electron chi connectivity index (χ2n) is 6.39. The van der Waals surface area contributed by atoms with Crippen LogP contribution in [-0.4, -0.2) is 20.6 Å². The molecule has 0 radical (unpaired) electrons. The molecule has 20 heavy (non-hydrogen) atoms. The highest BCUT2D eigenvalue weighted by molar-refractivity contribution is 5.44. The molecular formula is C16H24N4. The third kappa shape index (κ3) is 2.65. The molecule has 0 amide bonds. The molecule has 2 unspecified atom stereocenters. The summed E-state index contributed by atoms with van der Waals surface area (Å²) < 4.78 is 1.87. The minimum Gasteiger partial charge on any atom is -0.350 e. The van der Waals surface area contributed by atoms with Crippen LogP contribution in [0.3, 0.4) is 0 Å². The van der Waals surface area contributed by atoms with Gasteiger partial charge in [0.1, 0.15) is 0 Å². The standard InChI is InChI=1S/C16H24N4/c1-11(2)13-6-4-5-7-14(13)17-16-18-15-9-8-12(3)10-20(15)19-16/h8-11,13-14H,4-7H2,1-3H3,(H,17,19). The molecule has 1 fully saturated rings. The number of rotatable bonds is 3. The van der Waals surface area contributed by atoms with Crippen molar-refractivity contribution in [2.45, 2.75) is 52.5 Å². The van der Waals surface area contributed by atoms with E-state index in [9.17, 15) is 0 Å². The number of hydrogen-bond acceptors (Lipinski definition) is 3. The van der Waals surface area contributed by atoms with E-state index in [0.29, 0.717) is 12.0 Å². The number of nitrogens with one attached hydrogen (secondary N) is 1. The van der Waals surface area contributed by atoms with Gasteiger partial charge in [-0.2, -0.15) is 4.98 Å². The van der Waals surface area contributed by atoms with Crippen molar-refractivity contribution in [1.82, 2.24) is 14.6 Å². The summed E-state index contributed by atoms with van der Waals surface area (Å²) in [5.74, 6) is 2.22. The predicted octanol–water partition coefficient (Wildman–Crippen LogP) is 3.66. The summed E-state index contributed by atoms with van der Waals surface area (Å²) in [6, 6.07) is 4.61. The molecule has 0 saturated heterocycles. The van der Waals surface area contributed by atoms with Crippen LogP contribution in [0.15, 0.2) is 18.3 Å². The molecule has 1 N–H and O–H groups in total. The van der Waals surface area contributed by atoms with Crippen LogP contribution in [-0.2, 0) is 0 Å². The molecule has 1 aliphatic rings. The fraction of sp³-hybridized carbons (Fsp3) is 0.625. The first-order valence-corrected chi connectivity index (χ1v) is 7.73. The van der Waals surface area contributed by atoms with Crippen molar-refractivity contribution in [3.8, 4) is 0 Å². The first kappa shape index (κ1) is 13.4. The van der Waals surface area contributed by atoms with Crippen molar-refractivity contribution in [3.63, 3.8) is 0 Å². The van der Waals surface area contributed by atoms with Gasteiger partial charge in [-0.1, -0.05) is 32.8 Å². The lowest BCUT2D eigenvalue weighted by Gasteiger charge is -2.34. The summed E-state index contributed by atoms with van der Waals surface area (Å²) >= 11 is 0. The van der Waals surface area contributed by atoms with E-state index in [-0.39, 0.29) is 0 Å². The van der Waals surface area contributed by atoms with Gasteiger partial charge in [0.2, 0.25) is 5.95 Å². The Balaban J connectivity index is 1.80. The van der Waals surface area contributed by atoms with Crippen LogP contribution in [0.4, 0.5) is 5.95 Å². The second-order valence-corrected chi connectivity index (χ2v) is 6.39. The highest BCUT2D eigenvalue weighted by Crippen LogP contribution is 2.31. The summed E-state index contributed by atoms with van der Waals surface area (Å²) in [4.78, 5) is 4.58. The van der Waals surface area contributed by atoms with Crippen molar-refractivity contribution in [2.75, 3.05) is 5.32 Å². The van der Waals surface area contributed by atoms with Crippen molar-refractivity contribution >= 4 is 11.6 Å². The summed E-state index contributed by atoms with van der Waals surface area (Å²) in [6.07, 6.45) is 7.25. The maximum atomic E-state index is 4.58. The van der Waals surface area contributed by atoms with Crippen LogP contribution in [0.5, 0.6) is 0 Å². The van der Waals surface area contributed by atoms with Gasteiger partial charge in [0.05, 0.1) is 0 Å². The van der Waals surface area contributed by atoms with Crippen LogP contribution < -0.4 is 5.32 Å². The lowest BCUT2D eigenvalue weighted by Crippen LogP contribution is -2.35. The topological polar surface area (TPSA) is 42.2 Å². The highest BCUT2D eigenvalue weighted by atomic mass is 15.3. The second kappa shape index (κ2) is 5.43. The largest absolute Gasteiger partial charge is 0.350 e. The van der Waals surface area contributed by atoms with E-state index in [1.54, 1.807) is 0 Å². The maximum Gasteiger partial charge on any atom is 0.243 e. The Morgan fingerprint density at radius 3 is 2.85 bits per heavy atom. The Morgan fingerprint density at radius 2 is 2.05 bits per heavy atom. The van der Waals surface area contributed by atoms with Gasteiger partial charge in [0.25, 0.3) is 0 Å². The highest BCUT2D eigenvalue weighted by Gasteiger charge is 2.28. The number of aromatic nitrogens is 3. The van der Waals surface area contributed by atoms with Crippen LogP contribution in [0.25, 0.3) is 5.65 Å². The third-order valence-electron chi connectivity index (χ3n) is 4.47. The number of pyridine rings is 1. The molecule has 4 heteroatoms. The first-order valence-electron chi connectivity index (χ1n) is 7.73. The van der Waals surface area contributed by atoms with Gasteiger partial charge >= 0.3 is 0 Å². The Bertz CT molecular complexity index is 587. The third-order valence-corrected chi connectivity index (χ3v) is 4.47. The molecule has 3 rings (SSSR count).